The van der Waals surface area contributed by atoms with Crippen molar-refractivity contribution in [1.82, 2.24) is 15.5 Å². The lowest BCUT2D eigenvalue weighted by Crippen LogP contribution is -2.49. The second-order valence-corrected chi connectivity index (χ2v) is 9.57. The molecule has 0 radical (unpaired) electrons. The first kappa shape index (κ1) is 22.1. The molecule has 0 saturated carbocycles. The van der Waals surface area contributed by atoms with Crippen molar-refractivity contribution in [3.8, 4) is 5.75 Å². The molecule has 0 aromatic heterocycles. The summed E-state index contributed by atoms with van der Waals surface area (Å²) in [6, 6.07) is 13.4. The van der Waals surface area contributed by atoms with Gasteiger partial charge in [0, 0.05) is 28.9 Å². The number of hydrogen-bond donors (Lipinski definition) is 2. The van der Waals surface area contributed by atoms with Crippen molar-refractivity contribution in [2.24, 2.45) is 0 Å². The summed E-state index contributed by atoms with van der Waals surface area (Å²) in [6.45, 7) is 11.9. The summed E-state index contributed by atoms with van der Waals surface area (Å²) in [7, 11) is 0. The van der Waals surface area contributed by atoms with Gasteiger partial charge in [-0.25, -0.2) is 0 Å². The summed E-state index contributed by atoms with van der Waals surface area (Å²) in [5, 5.41) is 6.26. The van der Waals surface area contributed by atoms with Crippen LogP contribution in [0, 0.1) is 0 Å². The third kappa shape index (κ3) is 4.86. The number of allylic oxidation sites excluding steroid dienone is 1. The topological polar surface area (TPSA) is 70.7 Å². The van der Waals surface area contributed by atoms with Crippen LogP contribution in [0.25, 0.3) is 0 Å². The quantitative estimate of drug-likeness (QED) is 0.725. The van der Waals surface area contributed by atoms with E-state index in [4.69, 9.17) is 4.74 Å². The number of benzene rings is 2. The highest BCUT2D eigenvalue weighted by Gasteiger charge is 2.39. The zero-order valence-electron chi connectivity index (χ0n) is 19.0. The summed E-state index contributed by atoms with van der Waals surface area (Å²) in [5.41, 5.74) is 4.53. The highest BCUT2D eigenvalue weighted by Crippen LogP contribution is 2.34. The van der Waals surface area contributed by atoms with Crippen LogP contribution in [0.2, 0.25) is 0 Å². The Morgan fingerprint density at radius 2 is 1.84 bits per heavy atom. The van der Waals surface area contributed by atoms with Crippen molar-refractivity contribution in [2.45, 2.75) is 64.9 Å². The molecular formula is C26H31N3O3. The Hall–Kier alpha value is -3.12. The average Bonchev–Trinajstić information content (AvgIpc) is 3.08. The van der Waals surface area contributed by atoms with E-state index in [1.165, 1.54) is 5.56 Å². The second kappa shape index (κ2) is 8.79. The first-order valence-corrected chi connectivity index (χ1v) is 11.1. The van der Waals surface area contributed by atoms with Gasteiger partial charge in [-0.1, -0.05) is 36.9 Å². The largest absolute Gasteiger partial charge is 0.489 e. The van der Waals surface area contributed by atoms with E-state index in [2.05, 4.69) is 62.2 Å². The minimum Gasteiger partial charge on any atom is -0.489 e. The molecule has 0 aliphatic carbocycles. The van der Waals surface area contributed by atoms with Crippen molar-refractivity contribution < 1.29 is 14.3 Å². The molecule has 1 saturated heterocycles. The molecule has 0 spiro atoms. The Kier molecular flexibility index (Phi) is 6.07. The average molecular weight is 434 g/mol. The van der Waals surface area contributed by atoms with E-state index >= 15 is 0 Å². The number of carbonyl (C=O) groups excluding carboxylic acids is 2. The summed E-state index contributed by atoms with van der Waals surface area (Å²) < 4.78 is 6.11. The summed E-state index contributed by atoms with van der Waals surface area (Å²) in [4.78, 5) is 27.0. The van der Waals surface area contributed by atoms with E-state index in [0.29, 0.717) is 43.0 Å². The molecule has 1 unspecified atom stereocenters. The fraction of sp³-hybridized carbons (Fsp3) is 0.385. The van der Waals surface area contributed by atoms with Crippen LogP contribution >= 0.6 is 0 Å². The number of nitrogens with one attached hydrogen (secondary N) is 2. The monoisotopic (exact) mass is 433 g/mol. The van der Waals surface area contributed by atoms with Gasteiger partial charge in [-0.2, -0.15) is 0 Å². The van der Waals surface area contributed by atoms with Gasteiger partial charge >= 0.3 is 0 Å². The van der Waals surface area contributed by atoms with Gasteiger partial charge in [0.1, 0.15) is 18.4 Å². The SMILES string of the molecule is C=C1CCC(N2Cc3c(OCc4ccc(CNC(C)(C)C)cc4)cccc3C2=O)C(=O)N1. The molecule has 2 aliphatic heterocycles. The second-order valence-electron chi connectivity index (χ2n) is 9.57. The Bertz CT molecular complexity index is 1040. The predicted molar refractivity (Wildman–Crippen MR) is 124 cm³/mol. The first-order chi connectivity index (χ1) is 15.2. The van der Waals surface area contributed by atoms with Gasteiger partial charge in [-0.05, 0) is 56.9 Å². The van der Waals surface area contributed by atoms with Crippen LogP contribution in [0.3, 0.4) is 0 Å². The van der Waals surface area contributed by atoms with Crippen molar-refractivity contribution in [3.63, 3.8) is 0 Å². The molecular weight excluding hydrogens is 402 g/mol. The molecule has 2 heterocycles. The number of hydrogen-bond acceptors (Lipinski definition) is 4. The maximum Gasteiger partial charge on any atom is 0.255 e. The van der Waals surface area contributed by atoms with Crippen molar-refractivity contribution in [1.29, 1.82) is 0 Å². The van der Waals surface area contributed by atoms with Crippen LogP contribution in [0.4, 0.5) is 0 Å². The molecule has 4 rings (SSSR count). The number of fused-ring (bicyclic) bond motifs is 1. The minimum atomic E-state index is -0.470. The van der Waals surface area contributed by atoms with Gasteiger partial charge in [0.05, 0.1) is 6.54 Å². The summed E-state index contributed by atoms with van der Waals surface area (Å²) >= 11 is 0. The van der Waals surface area contributed by atoms with E-state index in [1.54, 1.807) is 11.0 Å². The number of piperidine rings is 1. The normalized spacial score (nSPS) is 18.5. The van der Waals surface area contributed by atoms with Crippen LogP contribution < -0.4 is 15.4 Å². The van der Waals surface area contributed by atoms with Crippen LogP contribution in [-0.4, -0.2) is 28.3 Å². The molecule has 2 N–H and O–H groups in total. The maximum atomic E-state index is 13.0. The molecule has 168 valence electrons. The van der Waals surface area contributed by atoms with Crippen molar-refractivity contribution >= 4 is 11.8 Å². The van der Waals surface area contributed by atoms with Crippen LogP contribution in [0.5, 0.6) is 5.75 Å². The van der Waals surface area contributed by atoms with E-state index < -0.39 is 6.04 Å². The zero-order chi connectivity index (χ0) is 22.9. The number of ether oxygens (including phenoxy) is 1. The Morgan fingerprint density at radius 1 is 1.12 bits per heavy atom. The van der Waals surface area contributed by atoms with Gasteiger partial charge in [-0.3, -0.25) is 9.59 Å². The molecule has 2 amide bonds. The lowest BCUT2D eigenvalue weighted by Gasteiger charge is -2.31. The first-order valence-electron chi connectivity index (χ1n) is 11.1. The summed E-state index contributed by atoms with van der Waals surface area (Å²) in [5.74, 6) is 0.414. The highest BCUT2D eigenvalue weighted by molar-refractivity contribution is 6.02. The lowest BCUT2D eigenvalue weighted by molar-refractivity contribution is -0.126. The number of rotatable bonds is 6. The lowest BCUT2D eigenvalue weighted by atomic mass is 10.0. The molecule has 2 aromatic carbocycles. The molecule has 6 heteroatoms. The van der Waals surface area contributed by atoms with Crippen LogP contribution in [-0.2, 0) is 24.5 Å². The number of carbonyl (C=O) groups is 2. The van der Waals surface area contributed by atoms with E-state index in [9.17, 15) is 9.59 Å². The molecule has 6 nitrogen and oxygen atoms in total. The number of amides is 2. The molecule has 1 atom stereocenters. The zero-order valence-corrected chi connectivity index (χ0v) is 19.0. The van der Waals surface area contributed by atoms with Crippen molar-refractivity contribution in [3.05, 3.63) is 77.0 Å². The molecule has 1 fully saturated rings. The van der Waals surface area contributed by atoms with Crippen LogP contribution in [0.1, 0.15) is 60.7 Å². The molecule has 2 aliphatic rings. The standard InChI is InChI=1S/C26H31N3O3/c1-17-8-13-22(24(30)28-17)29-15-21-20(25(29)31)6-5-7-23(21)32-16-19-11-9-18(10-12-19)14-27-26(2,3)4/h5-7,9-12,22,27H,1,8,13-16H2,2-4H3,(H,28,30). The Balaban J connectivity index is 1.42. The van der Waals surface area contributed by atoms with Crippen LogP contribution in [0.15, 0.2) is 54.7 Å². The Labute approximate surface area is 189 Å². The fourth-order valence-electron chi connectivity index (χ4n) is 4.05. The highest BCUT2D eigenvalue weighted by atomic mass is 16.5. The van der Waals surface area contributed by atoms with Crippen molar-refractivity contribution in [2.75, 3.05) is 0 Å². The van der Waals surface area contributed by atoms with E-state index in [1.807, 2.05) is 12.1 Å². The van der Waals surface area contributed by atoms with Gasteiger partial charge in [0.2, 0.25) is 5.91 Å². The van der Waals surface area contributed by atoms with E-state index in [0.717, 1.165) is 17.7 Å². The predicted octanol–water partition coefficient (Wildman–Crippen LogP) is 3.90. The number of nitrogens with zero attached hydrogens (tertiary/aromatic N) is 1. The smallest absolute Gasteiger partial charge is 0.255 e. The maximum absolute atomic E-state index is 13.0. The summed E-state index contributed by atoms with van der Waals surface area (Å²) in [6.07, 6.45) is 1.28. The van der Waals surface area contributed by atoms with Gasteiger partial charge in [0.25, 0.3) is 5.91 Å². The van der Waals surface area contributed by atoms with Gasteiger partial charge in [-0.15, -0.1) is 0 Å². The minimum absolute atomic E-state index is 0.0765. The Morgan fingerprint density at radius 3 is 2.53 bits per heavy atom. The molecule has 32 heavy (non-hydrogen) atoms. The van der Waals surface area contributed by atoms with Gasteiger partial charge in [0.15, 0.2) is 0 Å². The fourth-order valence-corrected chi connectivity index (χ4v) is 4.05. The molecule has 0 bridgehead atoms. The van der Waals surface area contributed by atoms with E-state index in [-0.39, 0.29) is 17.4 Å². The molecule has 2 aromatic rings. The van der Waals surface area contributed by atoms with Gasteiger partial charge < -0.3 is 20.3 Å². The third-order valence-corrected chi connectivity index (χ3v) is 5.89. The third-order valence-electron chi connectivity index (χ3n) is 5.89.